The van der Waals surface area contributed by atoms with Gasteiger partial charge in [0.15, 0.2) is 0 Å². The van der Waals surface area contributed by atoms with Crippen LogP contribution in [0.1, 0.15) is 59.1 Å². The number of sulfonamides is 1. The van der Waals surface area contributed by atoms with E-state index in [4.69, 9.17) is 14.4 Å². The summed E-state index contributed by atoms with van der Waals surface area (Å²) in [7, 11) is -3.88. The summed E-state index contributed by atoms with van der Waals surface area (Å²) >= 11 is 0. The molecule has 1 aliphatic heterocycles. The lowest BCUT2D eigenvalue weighted by Crippen LogP contribution is -2.41. The van der Waals surface area contributed by atoms with Crippen LogP contribution in [-0.2, 0) is 32.2 Å². The molecule has 3 rings (SSSR count). The van der Waals surface area contributed by atoms with Crippen molar-refractivity contribution in [3.05, 3.63) is 29.3 Å². The van der Waals surface area contributed by atoms with Crippen LogP contribution in [0.4, 0.5) is 0 Å². The fourth-order valence-corrected chi connectivity index (χ4v) is 4.68. The van der Waals surface area contributed by atoms with Gasteiger partial charge in [-0.3, -0.25) is 0 Å². The van der Waals surface area contributed by atoms with E-state index in [1.54, 1.807) is 6.92 Å². The summed E-state index contributed by atoms with van der Waals surface area (Å²) in [4.78, 5) is 0. The van der Waals surface area contributed by atoms with E-state index in [1.807, 2.05) is 27.7 Å². The lowest BCUT2D eigenvalue weighted by Gasteiger charge is -2.32. The van der Waals surface area contributed by atoms with Crippen LogP contribution in [0.15, 0.2) is 18.2 Å². The van der Waals surface area contributed by atoms with Gasteiger partial charge < -0.3 is 9.31 Å². The third-order valence-corrected chi connectivity index (χ3v) is 7.62. The Morgan fingerprint density at radius 1 is 1.08 bits per heavy atom. The highest BCUT2D eigenvalue weighted by atomic mass is 32.2. The molecule has 26 heavy (non-hydrogen) atoms. The molecule has 1 aromatic carbocycles. The van der Waals surface area contributed by atoms with Crippen molar-refractivity contribution in [3.8, 4) is 0 Å². The molecule has 1 fully saturated rings. The topological polar surface area (TPSA) is 78.6 Å². The summed E-state index contributed by atoms with van der Waals surface area (Å²) < 4.78 is 35.6. The Balaban J connectivity index is 1.79. The van der Waals surface area contributed by atoms with Crippen molar-refractivity contribution in [2.75, 3.05) is 0 Å². The molecule has 0 bridgehead atoms. The van der Waals surface area contributed by atoms with Crippen LogP contribution in [-0.4, -0.2) is 32.0 Å². The maximum absolute atomic E-state index is 11.6. The Labute approximate surface area is 157 Å². The Hall–Kier alpha value is -0.885. The minimum atomic E-state index is -3.50. The lowest BCUT2D eigenvalue weighted by atomic mass is 9.78. The van der Waals surface area contributed by atoms with Gasteiger partial charge in [0.25, 0.3) is 0 Å². The normalized spacial score (nSPS) is 28.2. The Bertz CT molecular complexity index is 805. The monoisotopic (exact) mass is 379 g/mol. The predicted molar refractivity (Wildman–Crippen MR) is 105 cm³/mol. The highest BCUT2D eigenvalue weighted by Gasteiger charge is 2.52. The first-order valence-electron chi connectivity index (χ1n) is 9.21. The standard InChI is InChI=1S/C19H30BNO4S/c1-13(26(21,22)23)10-19(6)11-14-7-8-16(9-15(14)12-19)20-24-17(2,3)18(4,5)25-20/h7-9,13H,10-12H2,1-6H3,(H2,21,22,23). The average Bonchev–Trinajstić information content (AvgIpc) is 2.89. The minimum absolute atomic E-state index is 0.0945. The third kappa shape index (κ3) is 3.59. The highest BCUT2D eigenvalue weighted by molar-refractivity contribution is 7.89. The number of primary sulfonamides is 1. The quantitative estimate of drug-likeness (QED) is 0.814. The summed E-state index contributed by atoms with van der Waals surface area (Å²) in [6.45, 7) is 12.0. The largest absolute Gasteiger partial charge is 0.494 e. The molecule has 1 aliphatic carbocycles. The molecule has 2 N–H and O–H groups in total. The maximum Gasteiger partial charge on any atom is 0.494 e. The molecular weight excluding hydrogens is 349 g/mol. The summed E-state index contributed by atoms with van der Waals surface area (Å²) in [5.74, 6) is 0. The second-order valence-electron chi connectivity index (χ2n) is 9.38. The van der Waals surface area contributed by atoms with Gasteiger partial charge in [0, 0.05) is 0 Å². The van der Waals surface area contributed by atoms with Gasteiger partial charge in [0.05, 0.1) is 16.5 Å². The molecular formula is C19H30BNO4S. The molecule has 0 saturated carbocycles. The van der Waals surface area contributed by atoms with Crippen molar-refractivity contribution in [1.29, 1.82) is 0 Å². The molecule has 5 nitrogen and oxygen atoms in total. The van der Waals surface area contributed by atoms with Gasteiger partial charge >= 0.3 is 7.12 Å². The predicted octanol–water partition coefficient (Wildman–Crippen LogP) is 2.16. The fraction of sp³-hybridized carbons (Fsp3) is 0.684. The molecule has 2 aliphatic rings. The van der Waals surface area contributed by atoms with E-state index in [-0.39, 0.29) is 23.7 Å². The number of rotatable bonds is 4. The van der Waals surface area contributed by atoms with Crippen LogP contribution in [0.5, 0.6) is 0 Å². The van der Waals surface area contributed by atoms with Crippen molar-refractivity contribution >= 4 is 22.6 Å². The maximum atomic E-state index is 11.6. The fourth-order valence-electron chi connectivity index (χ4n) is 4.05. The van der Waals surface area contributed by atoms with Gasteiger partial charge in [-0.15, -0.1) is 0 Å². The highest BCUT2D eigenvalue weighted by Crippen LogP contribution is 2.41. The molecule has 0 aromatic heterocycles. The van der Waals surface area contributed by atoms with Crippen LogP contribution in [0.3, 0.4) is 0 Å². The van der Waals surface area contributed by atoms with Crippen LogP contribution in [0, 0.1) is 5.41 Å². The second-order valence-corrected chi connectivity index (χ2v) is 11.4. The second kappa shape index (κ2) is 6.06. The number of benzene rings is 1. The van der Waals surface area contributed by atoms with Gasteiger partial charge in [0.1, 0.15) is 0 Å². The zero-order valence-electron chi connectivity index (χ0n) is 16.6. The molecule has 2 unspecified atom stereocenters. The Kier molecular flexibility index (Phi) is 4.63. The van der Waals surface area contributed by atoms with Gasteiger partial charge in [-0.25, -0.2) is 13.6 Å². The van der Waals surface area contributed by atoms with Crippen molar-refractivity contribution in [1.82, 2.24) is 0 Å². The molecule has 7 heteroatoms. The van der Waals surface area contributed by atoms with Gasteiger partial charge in [-0.05, 0) is 75.9 Å². The van der Waals surface area contributed by atoms with Crippen LogP contribution < -0.4 is 10.6 Å². The molecule has 2 atom stereocenters. The van der Waals surface area contributed by atoms with Crippen molar-refractivity contribution < 1.29 is 17.7 Å². The molecule has 0 amide bonds. The molecule has 144 valence electrons. The molecule has 1 aromatic rings. The van der Waals surface area contributed by atoms with E-state index < -0.39 is 15.3 Å². The number of hydrogen-bond donors (Lipinski definition) is 1. The van der Waals surface area contributed by atoms with Crippen LogP contribution >= 0.6 is 0 Å². The lowest BCUT2D eigenvalue weighted by molar-refractivity contribution is 0.00578. The summed E-state index contributed by atoms with van der Waals surface area (Å²) in [5.41, 5.74) is 2.72. The van der Waals surface area contributed by atoms with E-state index >= 15 is 0 Å². The van der Waals surface area contributed by atoms with E-state index in [9.17, 15) is 8.42 Å². The van der Waals surface area contributed by atoms with Gasteiger partial charge in [-0.2, -0.15) is 0 Å². The SMILES string of the molecule is CC(CC1(C)Cc2ccc(B3OC(C)(C)C(C)(C)O3)cc2C1)S(N)(=O)=O. The molecule has 0 spiro atoms. The molecule has 1 heterocycles. The number of fused-ring (bicyclic) bond motifs is 1. The van der Waals surface area contributed by atoms with Crippen LogP contribution in [0.2, 0.25) is 0 Å². The van der Waals surface area contributed by atoms with Crippen molar-refractivity contribution in [2.24, 2.45) is 10.6 Å². The number of nitrogens with two attached hydrogens (primary N) is 1. The van der Waals surface area contributed by atoms with E-state index in [0.29, 0.717) is 6.42 Å². The number of hydrogen-bond acceptors (Lipinski definition) is 4. The van der Waals surface area contributed by atoms with Gasteiger partial charge in [0.2, 0.25) is 10.0 Å². The van der Waals surface area contributed by atoms with E-state index in [0.717, 1.165) is 18.3 Å². The zero-order chi connectivity index (χ0) is 19.5. The Morgan fingerprint density at radius 2 is 1.62 bits per heavy atom. The third-order valence-electron chi connectivity index (χ3n) is 6.33. The first-order chi connectivity index (χ1) is 11.7. The molecule has 1 saturated heterocycles. The smallest absolute Gasteiger partial charge is 0.399 e. The minimum Gasteiger partial charge on any atom is -0.399 e. The summed E-state index contributed by atoms with van der Waals surface area (Å²) in [6.07, 6.45) is 2.27. The van der Waals surface area contributed by atoms with Crippen molar-refractivity contribution in [3.63, 3.8) is 0 Å². The van der Waals surface area contributed by atoms with E-state index in [2.05, 4.69) is 25.1 Å². The van der Waals surface area contributed by atoms with Crippen LogP contribution in [0.25, 0.3) is 0 Å². The summed E-state index contributed by atoms with van der Waals surface area (Å²) in [5, 5.41) is 4.78. The first kappa shape index (κ1) is 19.9. The van der Waals surface area contributed by atoms with Gasteiger partial charge in [-0.1, -0.05) is 25.1 Å². The first-order valence-corrected chi connectivity index (χ1v) is 10.8. The average molecular weight is 379 g/mol. The molecule has 0 radical (unpaired) electrons. The van der Waals surface area contributed by atoms with E-state index in [1.165, 1.54) is 11.1 Å². The zero-order valence-corrected chi connectivity index (χ0v) is 17.4. The Morgan fingerprint density at radius 3 is 2.15 bits per heavy atom. The van der Waals surface area contributed by atoms with Crippen molar-refractivity contribution in [2.45, 2.75) is 77.3 Å². The summed E-state index contributed by atoms with van der Waals surface area (Å²) in [6, 6.07) is 6.35.